The minimum Gasteiger partial charge on any atom is -0.0651 e. The van der Waals surface area contributed by atoms with E-state index in [9.17, 15) is 0 Å². The maximum atomic E-state index is 2.55. The molecule has 3 saturated carbocycles. The van der Waals surface area contributed by atoms with E-state index in [1.165, 1.54) is 19.3 Å². The summed E-state index contributed by atoms with van der Waals surface area (Å²) in [5.41, 5.74) is 1.35. The van der Waals surface area contributed by atoms with Gasteiger partial charge in [-0.2, -0.15) is 0 Å². The molecule has 3 aliphatic rings. The smallest absolute Gasteiger partial charge is 0.0215 e. The fraction of sp³-hybridized carbons (Fsp3) is 1.00. The Morgan fingerprint density at radius 1 is 1.31 bits per heavy atom. The second-order valence-electron chi connectivity index (χ2n) is 6.14. The van der Waals surface area contributed by atoms with Crippen LogP contribution < -0.4 is 0 Å². The first kappa shape index (κ1) is 9.55. The zero-order valence-corrected chi connectivity index (χ0v) is 9.85. The van der Waals surface area contributed by atoms with Gasteiger partial charge in [0, 0.05) is 0 Å². The second-order valence-corrected chi connectivity index (χ2v) is 6.14. The molecule has 3 rings (SSSR count). The summed E-state index contributed by atoms with van der Waals surface area (Å²) in [5, 5.41) is 0. The lowest BCUT2D eigenvalue weighted by atomic mass is 9.46. The molecule has 5 atom stereocenters. The van der Waals surface area contributed by atoms with E-state index < -0.39 is 0 Å². The van der Waals surface area contributed by atoms with Gasteiger partial charge in [0.1, 0.15) is 0 Å². The Kier molecular flexibility index (Phi) is 1.85. The maximum Gasteiger partial charge on any atom is -0.0215 e. The van der Waals surface area contributed by atoms with Crippen LogP contribution in [0.5, 0.6) is 0 Å². The topological polar surface area (TPSA) is 0 Å². The van der Waals surface area contributed by atoms with Crippen LogP contribution in [-0.2, 0) is 0 Å². The molecular formula is C13H24. The van der Waals surface area contributed by atoms with Gasteiger partial charge in [-0.15, -0.1) is 0 Å². The molecule has 0 aromatic heterocycles. The third-order valence-electron chi connectivity index (χ3n) is 5.84. The minimum absolute atomic E-state index is 0.668. The molecule has 3 aliphatic carbocycles. The van der Waals surface area contributed by atoms with E-state index in [1.54, 1.807) is 0 Å². The van der Waals surface area contributed by atoms with Crippen LogP contribution in [0.2, 0.25) is 0 Å². The van der Waals surface area contributed by atoms with Gasteiger partial charge in [0.2, 0.25) is 0 Å². The third-order valence-corrected chi connectivity index (χ3v) is 5.84. The number of hydrogen-bond acceptors (Lipinski definition) is 0. The Morgan fingerprint density at radius 2 is 1.92 bits per heavy atom. The van der Waals surface area contributed by atoms with Crippen LogP contribution in [0.15, 0.2) is 0 Å². The van der Waals surface area contributed by atoms with Crippen molar-refractivity contribution in [2.75, 3.05) is 0 Å². The van der Waals surface area contributed by atoms with Crippen molar-refractivity contribution < 1.29 is 0 Å². The highest BCUT2D eigenvalue weighted by molar-refractivity contribution is 5.16. The van der Waals surface area contributed by atoms with Crippen LogP contribution in [-0.4, -0.2) is 0 Å². The lowest BCUT2D eigenvalue weighted by Gasteiger charge is -2.59. The summed E-state index contributed by atoms with van der Waals surface area (Å²) in [6, 6.07) is 0. The van der Waals surface area contributed by atoms with E-state index in [-0.39, 0.29) is 0 Å². The van der Waals surface area contributed by atoms with Crippen LogP contribution in [0.3, 0.4) is 0 Å². The number of rotatable bonds is 2. The molecule has 0 spiro atoms. The number of hydrogen-bond donors (Lipinski definition) is 0. The largest absolute Gasteiger partial charge is 0.0651 e. The van der Waals surface area contributed by atoms with Gasteiger partial charge in [-0.25, -0.2) is 0 Å². The van der Waals surface area contributed by atoms with Crippen LogP contribution in [0, 0.1) is 28.6 Å². The van der Waals surface area contributed by atoms with Crippen LogP contribution in [0.1, 0.15) is 53.9 Å². The van der Waals surface area contributed by atoms with Crippen molar-refractivity contribution in [2.24, 2.45) is 28.6 Å². The van der Waals surface area contributed by atoms with Crippen LogP contribution in [0.4, 0.5) is 0 Å². The molecule has 0 aromatic rings. The van der Waals surface area contributed by atoms with Gasteiger partial charge in [0.05, 0.1) is 0 Å². The quantitative estimate of drug-likeness (QED) is 0.600. The van der Waals surface area contributed by atoms with Gasteiger partial charge in [0.15, 0.2) is 0 Å². The van der Waals surface area contributed by atoms with E-state index in [0.29, 0.717) is 10.8 Å². The molecule has 0 amide bonds. The first-order valence-corrected chi connectivity index (χ1v) is 5.95. The van der Waals surface area contributed by atoms with Gasteiger partial charge >= 0.3 is 0 Å². The first-order valence-electron chi connectivity index (χ1n) is 5.95. The van der Waals surface area contributed by atoms with Gasteiger partial charge in [-0.1, -0.05) is 41.0 Å². The van der Waals surface area contributed by atoms with Gasteiger partial charge in [-0.05, 0) is 41.4 Å². The molecule has 0 N–H and O–H groups in total. The first-order chi connectivity index (χ1) is 5.95. The Morgan fingerprint density at radius 3 is 2.23 bits per heavy atom. The zero-order chi connectivity index (χ0) is 9.85. The average Bonchev–Trinajstić information content (AvgIpc) is 2.50. The lowest BCUT2D eigenvalue weighted by molar-refractivity contribution is -0.106. The fourth-order valence-electron chi connectivity index (χ4n) is 4.57. The summed E-state index contributed by atoms with van der Waals surface area (Å²) in [6.45, 7) is 12.4. The molecule has 3 fully saturated rings. The van der Waals surface area contributed by atoms with Crippen molar-refractivity contribution in [3.05, 3.63) is 0 Å². The van der Waals surface area contributed by atoms with E-state index in [2.05, 4.69) is 34.6 Å². The van der Waals surface area contributed by atoms with Crippen molar-refractivity contribution in [2.45, 2.75) is 53.9 Å². The monoisotopic (exact) mass is 180 g/mol. The Balaban J connectivity index is 2.26. The summed E-state index contributed by atoms with van der Waals surface area (Å²) in [7, 11) is 0. The molecular weight excluding hydrogens is 156 g/mol. The standard InChI is InChI=1S/C13H24/c1-6-10(3)13(5)11-8-12(13,4)7-9(11)2/h9-11H,6-8H2,1-5H3. The van der Waals surface area contributed by atoms with Gasteiger partial charge < -0.3 is 0 Å². The zero-order valence-electron chi connectivity index (χ0n) is 9.85. The highest BCUT2D eigenvalue weighted by Gasteiger charge is 2.68. The van der Waals surface area contributed by atoms with E-state index in [1.807, 2.05) is 0 Å². The van der Waals surface area contributed by atoms with Crippen molar-refractivity contribution in [1.82, 2.24) is 0 Å². The van der Waals surface area contributed by atoms with E-state index in [4.69, 9.17) is 0 Å². The van der Waals surface area contributed by atoms with Crippen LogP contribution in [0.25, 0.3) is 0 Å². The Bertz CT molecular complexity index is 220. The predicted octanol–water partition coefficient (Wildman–Crippen LogP) is 4.10. The summed E-state index contributed by atoms with van der Waals surface area (Å²) in [4.78, 5) is 0. The average molecular weight is 180 g/mol. The molecule has 0 radical (unpaired) electrons. The maximum absolute atomic E-state index is 2.55. The van der Waals surface area contributed by atoms with Crippen molar-refractivity contribution >= 4 is 0 Å². The SMILES string of the molecule is CCC(C)C1(C)C2CC1(C)CC2C. The molecule has 0 aromatic carbocycles. The molecule has 13 heavy (non-hydrogen) atoms. The summed E-state index contributed by atoms with van der Waals surface area (Å²) >= 11 is 0. The highest BCUT2D eigenvalue weighted by atomic mass is 14.7. The molecule has 0 heteroatoms. The van der Waals surface area contributed by atoms with Crippen LogP contribution >= 0.6 is 0 Å². The molecule has 2 bridgehead atoms. The normalized spacial score (nSPS) is 56.1. The van der Waals surface area contributed by atoms with Crippen molar-refractivity contribution in [1.29, 1.82) is 0 Å². The molecule has 0 heterocycles. The Labute approximate surface area is 83.1 Å². The second kappa shape index (κ2) is 2.52. The summed E-state index contributed by atoms with van der Waals surface area (Å²) < 4.78 is 0. The minimum atomic E-state index is 0.668. The Hall–Kier alpha value is 0. The predicted molar refractivity (Wildman–Crippen MR) is 57.6 cm³/mol. The summed E-state index contributed by atoms with van der Waals surface area (Å²) in [6.07, 6.45) is 4.35. The third kappa shape index (κ3) is 0.877. The van der Waals surface area contributed by atoms with E-state index >= 15 is 0 Å². The molecule has 5 unspecified atom stereocenters. The highest BCUT2D eigenvalue weighted by Crippen LogP contribution is 2.75. The molecule has 0 nitrogen and oxygen atoms in total. The fourth-order valence-corrected chi connectivity index (χ4v) is 4.57. The number of fused-ring (bicyclic) bond motifs is 1. The van der Waals surface area contributed by atoms with Crippen molar-refractivity contribution in [3.8, 4) is 0 Å². The molecule has 0 saturated heterocycles. The molecule has 76 valence electrons. The molecule has 0 aliphatic heterocycles. The van der Waals surface area contributed by atoms with Gasteiger partial charge in [0.25, 0.3) is 0 Å². The summed E-state index contributed by atoms with van der Waals surface area (Å²) in [5.74, 6) is 2.94. The lowest BCUT2D eigenvalue weighted by Crippen LogP contribution is -2.52. The van der Waals surface area contributed by atoms with E-state index in [0.717, 1.165) is 17.8 Å². The van der Waals surface area contributed by atoms with Gasteiger partial charge in [-0.3, -0.25) is 0 Å². The van der Waals surface area contributed by atoms with Crippen molar-refractivity contribution in [3.63, 3.8) is 0 Å².